The maximum absolute atomic E-state index is 3.76. The number of hydrogen-bond donors (Lipinski definition) is 0. The largest absolute Gasteiger partial charge is 1.00 e. The molecule has 2 aromatic rings. The van der Waals surface area contributed by atoms with Crippen molar-refractivity contribution in [1.82, 2.24) is 0 Å². The molecule has 0 amide bonds. The van der Waals surface area contributed by atoms with Gasteiger partial charge in [0.1, 0.15) is 0 Å². The van der Waals surface area contributed by atoms with Crippen LogP contribution in [0.15, 0.2) is 60.7 Å². The van der Waals surface area contributed by atoms with Gasteiger partial charge in [-0.2, -0.15) is 6.42 Å². The summed E-state index contributed by atoms with van der Waals surface area (Å²) < 4.78 is 0. The predicted octanol–water partition coefficient (Wildman–Crippen LogP) is 2.61. The van der Waals surface area contributed by atoms with E-state index in [1.807, 2.05) is 12.1 Å². The standard InChI is InChI=1S/C12H10.C6H13.Na/c1-3-7-11(8-4-1)12-9-5-2-6-10-12;1-4-6(3)5-2;/h1-10H;6H,1,4-5H2,2-3H3;/q;-1;+1. The monoisotopic (exact) mass is 262 g/mol. The van der Waals surface area contributed by atoms with Gasteiger partial charge in [0.2, 0.25) is 0 Å². The summed E-state index contributed by atoms with van der Waals surface area (Å²) in [5.41, 5.74) is 2.55. The molecule has 96 valence electrons. The van der Waals surface area contributed by atoms with Crippen molar-refractivity contribution in [1.29, 1.82) is 0 Å². The normalized spacial score (nSPS) is 10.7. The van der Waals surface area contributed by atoms with Gasteiger partial charge in [-0.1, -0.05) is 86.8 Å². The molecular formula is C18H23Na. The summed E-state index contributed by atoms with van der Waals surface area (Å²) in [6.45, 7) is 8.16. The molecule has 1 heteroatoms. The van der Waals surface area contributed by atoms with Crippen LogP contribution in [0, 0.1) is 12.8 Å². The molecule has 0 heterocycles. The van der Waals surface area contributed by atoms with Gasteiger partial charge < -0.3 is 6.92 Å². The zero-order valence-corrected chi connectivity index (χ0v) is 14.5. The number of hydrogen-bond acceptors (Lipinski definition) is 0. The molecule has 1 unspecified atom stereocenters. The second-order valence-corrected chi connectivity index (χ2v) is 4.53. The molecule has 2 rings (SSSR count). The minimum Gasteiger partial charge on any atom is -0.343 e. The molecule has 0 spiro atoms. The van der Waals surface area contributed by atoms with E-state index in [0.29, 0.717) is 0 Å². The summed E-state index contributed by atoms with van der Waals surface area (Å²) in [6.07, 6.45) is 2.35. The van der Waals surface area contributed by atoms with E-state index in [1.165, 1.54) is 17.5 Å². The van der Waals surface area contributed by atoms with E-state index in [1.54, 1.807) is 0 Å². The van der Waals surface area contributed by atoms with E-state index in [4.69, 9.17) is 0 Å². The molecule has 0 saturated carbocycles. The van der Waals surface area contributed by atoms with Gasteiger partial charge in [0, 0.05) is 0 Å². The quantitative estimate of drug-likeness (QED) is 0.589. The second-order valence-electron chi connectivity index (χ2n) is 4.53. The van der Waals surface area contributed by atoms with Crippen LogP contribution in [-0.4, -0.2) is 0 Å². The molecule has 0 aliphatic carbocycles. The van der Waals surface area contributed by atoms with Gasteiger partial charge in [-0.3, -0.25) is 0 Å². The Morgan fingerprint density at radius 1 is 0.842 bits per heavy atom. The van der Waals surface area contributed by atoms with Crippen molar-refractivity contribution in [2.75, 3.05) is 0 Å². The zero-order chi connectivity index (χ0) is 13.2. The SMILES string of the molecule is [CH2-]CC(C)CC.[Na+].c1ccc(-c2ccccc2)cc1. The third-order valence-corrected chi connectivity index (χ3v) is 3.07. The van der Waals surface area contributed by atoms with Crippen LogP contribution in [0.25, 0.3) is 11.1 Å². The zero-order valence-electron chi connectivity index (χ0n) is 12.5. The summed E-state index contributed by atoms with van der Waals surface area (Å²) in [6, 6.07) is 20.8. The molecule has 0 aliphatic rings. The summed E-state index contributed by atoms with van der Waals surface area (Å²) >= 11 is 0. The van der Waals surface area contributed by atoms with E-state index < -0.39 is 0 Å². The number of rotatable bonds is 3. The minimum atomic E-state index is 0. The average Bonchev–Trinajstić information content (AvgIpc) is 2.49. The molecule has 0 N–H and O–H groups in total. The topological polar surface area (TPSA) is 0 Å². The van der Waals surface area contributed by atoms with Crippen molar-refractivity contribution in [3.63, 3.8) is 0 Å². The first-order chi connectivity index (χ1) is 8.77. The molecule has 2 aromatic carbocycles. The Balaban J connectivity index is 0.000000404. The van der Waals surface area contributed by atoms with Crippen molar-refractivity contribution < 1.29 is 29.6 Å². The van der Waals surface area contributed by atoms with Gasteiger partial charge in [-0.15, -0.1) is 0 Å². The molecule has 0 aromatic heterocycles. The van der Waals surface area contributed by atoms with Crippen LogP contribution < -0.4 is 29.6 Å². The van der Waals surface area contributed by atoms with Crippen LogP contribution in [0.1, 0.15) is 26.7 Å². The first-order valence-electron chi connectivity index (χ1n) is 6.67. The molecule has 1 atom stereocenters. The fraction of sp³-hybridized carbons (Fsp3) is 0.278. The molecule has 19 heavy (non-hydrogen) atoms. The molecule has 0 nitrogen and oxygen atoms in total. The molecule has 0 aliphatic heterocycles. The van der Waals surface area contributed by atoms with Crippen molar-refractivity contribution in [2.45, 2.75) is 26.7 Å². The fourth-order valence-corrected chi connectivity index (χ4v) is 1.47. The Morgan fingerprint density at radius 3 is 1.42 bits per heavy atom. The van der Waals surface area contributed by atoms with Gasteiger partial charge in [0.15, 0.2) is 0 Å². The Labute approximate surface area is 140 Å². The third-order valence-electron chi connectivity index (χ3n) is 3.07. The molecular weight excluding hydrogens is 239 g/mol. The minimum absolute atomic E-state index is 0. The van der Waals surface area contributed by atoms with E-state index in [-0.39, 0.29) is 29.6 Å². The summed E-state index contributed by atoms with van der Waals surface area (Å²) in [5, 5.41) is 0. The van der Waals surface area contributed by atoms with Crippen molar-refractivity contribution in [3.8, 4) is 11.1 Å². The molecule has 0 bridgehead atoms. The van der Waals surface area contributed by atoms with Gasteiger partial charge in [-0.25, -0.2) is 0 Å². The first kappa shape index (κ1) is 18.4. The van der Waals surface area contributed by atoms with Gasteiger partial charge in [0.25, 0.3) is 0 Å². The Bertz CT molecular complexity index is 367. The smallest absolute Gasteiger partial charge is 0.343 e. The van der Waals surface area contributed by atoms with E-state index >= 15 is 0 Å². The second kappa shape index (κ2) is 11.3. The van der Waals surface area contributed by atoms with Gasteiger partial charge in [-0.05, 0) is 11.1 Å². The molecule has 0 fully saturated rings. The van der Waals surface area contributed by atoms with Crippen LogP contribution >= 0.6 is 0 Å². The van der Waals surface area contributed by atoms with Crippen molar-refractivity contribution in [2.24, 2.45) is 5.92 Å². The Kier molecular flexibility index (Phi) is 10.9. The van der Waals surface area contributed by atoms with Crippen LogP contribution in [0.5, 0.6) is 0 Å². The summed E-state index contributed by atoms with van der Waals surface area (Å²) in [4.78, 5) is 0. The van der Waals surface area contributed by atoms with E-state index in [2.05, 4.69) is 69.3 Å². The van der Waals surface area contributed by atoms with Gasteiger partial charge >= 0.3 is 29.6 Å². The summed E-state index contributed by atoms with van der Waals surface area (Å²) in [7, 11) is 0. The fourth-order valence-electron chi connectivity index (χ4n) is 1.47. The van der Waals surface area contributed by atoms with E-state index in [0.717, 1.165) is 12.3 Å². The Morgan fingerprint density at radius 2 is 1.21 bits per heavy atom. The molecule has 0 saturated heterocycles. The van der Waals surface area contributed by atoms with Gasteiger partial charge in [0.05, 0.1) is 0 Å². The van der Waals surface area contributed by atoms with Crippen molar-refractivity contribution >= 4 is 0 Å². The third kappa shape index (κ3) is 7.57. The average molecular weight is 262 g/mol. The maximum atomic E-state index is 3.76. The van der Waals surface area contributed by atoms with Crippen LogP contribution in [0.3, 0.4) is 0 Å². The summed E-state index contributed by atoms with van der Waals surface area (Å²) in [5.74, 6) is 0.824. The Hall–Kier alpha value is -0.560. The number of benzene rings is 2. The molecule has 0 radical (unpaired) electrons. The van der Waals surface area contributed by atoms with Crippen LogP contribution in [0.4, 0.5) is 0 Å². The predicted molar refractivity (Wildman–Crippen MR) is 81.3 cm³/mol. The van der Waals surface area contributed by atoms with E-state index in [9.17, 15) is 0 Å². The van der Waals surface area contributed by atoms with Crippen molar-refractivity contribution in [3.05, 3.63) is 67.6 Å². The first-order valence-corrected chi connectivity index (χ1v) is 6.67. The van der Waals surface area contributed by atoms with Crippen LogP contribution in [0.2, 0.25) is 0 Å². The van der Waals surface area contributed by atoms with Crippen LogP contribution in [-0.2, 0) is 0 Å². The maximum Gasteiger partial charge on any atom is 1.00 e.